The molecule has 1 fully saturated rings. The molecule has 0 saturated carbocycles. The third kappa shape index (κ3) is 4.09. The van der Waals surface area contributed by atoms with Crippen LogP contribution in [0, 0.1) is 0 Å². The number of carbonyl (C=O) groups is 1. The van der Waals surface area contributed by atoms with Crippen molar-refractivity contribution in [3.8, 4) is 5.88 Å². The lowest BCUT2D eigenvalue weighted by molar-refractivity contribution is 0.0947. The van der Waals surface area contributed by atoms with Crippen LogP contribution in [-0.4, -0.2) is 56.1 Å². The number of rotatable bonds is 5. The van der Waals surface area contributed by atoms with Gasteiger partial charge in [-0.15, -0.1) is 0 Å². The minimum absolute atomic E-state index is 0.182. The molecule has 1 N–H and O–H groups in total. The van der Waals surface area contributed by atoms with E-state index in [2.05, 4.69) is 39.3 Å². The van der Waals surface area contributed by atoms with Crippen molar-refractivity contribution in [1.29, 1.82) is 0 Å². The van der Waals surface area contributed by atoms with Crippen molar-refractivity contribution >= 4 is 11.6 Å². The summed E-state index contributed by atoms with van der Waals surface area (Å²) in [5.74, 6) is 0.158. The zero-order valence-corrected chi connectivity index (χ0v) is 14.7. The molecule has 0 atom stereocenters. The van der Waals surface area contributed by atoms with E-state index in [-0.39, 0.29) is 5.91 Å². The summed E-state index contributed by atoms with van der Waals surface area (Å²) >= 11 is 0. The molecule has 6 heteroatoms. The highest BCUT2D eigenvalue weighted by atomic mass is 16.5. The van der Waals surface area contributed by atoms with E-state index in [4.69, 9.17) is 4.74 Å². The van der Waals surface area contributed by atoms with E-state index in [0.717, 1.165) is 31.7 Å². The molecule has 0 aliphatic carbocycles. The lowest BCUT2D eigenvalue weighted by Crippen LogP contribution is -2.45. The van der Waals surface area contributed by atoms with E-state index in [1.807, 2.05) is 12.1 Å². The van der Waals surface area contributed by atoms with Gasteiger partial charge in [-0.3, -0.25) is 4.79 Å². The number of hydrogen-bond donors (Lipinski definition) is 1. The van der Waals surface area contributed by atoms with E-state index in [9.17, 15) is 4.79 Å². The van der Waals surface area contributed by atoms with Crippen molar-refractivity contribution in [3.63, 3.8) is 0 Å². The fourth-order valence-electron chi connectivity index (χ4n) is 3.01. The zero-order valence-electron chi connectivity index (χ0n) is 14.7. The summed E-state index contributed by atoms with van der Waals surface area (Å²) in [6, 6.07) is 11.7. The smallest absolute Gasteiger partial charge is 0.257 e. The Labute approximate surface area is 148 Å². The largest absolute Gasteiger partial charge is 0.480 e. The van der Waals surface area contributed by atoms with Gasteiger partial charge in [-0.25, -0.2) is 4.98 Å². The molecular formula is C19H24N4O2. The van der Waals surface area contributed by atoms with Crippen LogP contribution >= 0.6 is 0 Å². The molecule has 0 spiro atoms. The number of amides is 1. The molecule has 1 aliphatic heterocycles. The summed E-state index contributed by atoms with van der Waals surface area (Å²) in [6.07, 6.45) is 1.61. The van der Waals surface area contributed by atoms with Crippen molar-refractivity contribution in [2.24, 2.45) is 0 Å². The number of likely N-dealkylation sites (N-methyl/N-ethyl adjacent to an activating group) is 1. The fraction of sp³-hybridized carbons (Fsp3) is 0.368. The van der Waals surface area contributed by atoms with Gasteiger partial charge in [-0.05, 0) is 30.8 Å². The molecule has 0 radical (unpaired) electrons. The second kappa shape index (κ2) is 7.98. The SMILES string of the molecule is COc1ncccc1C(=O)NCc1ccccc1N1CCN(C)CC1. The third-order valence-electron chi connectivity index (χ3n) is 4.48. The Morgan fingerprint density at radius 1 is 1.16 bits per heavy atom. The van der Waals surface area contributed by atoms with Gasteiger partial charge in [0.25, 0.3) is 5.91 Å². The first-order chi connectivity index (χ1) is 12.2. The van der Waals surface area contributed by atoms with Gasteiger partial charge in [0, 0.05) is 44.6 Å². The van der Waals surface area contributed by atoms with E-state index < -0.39 is 0 Å². The molecule has 132 valence electrons. The predicted molar refractivity (Wildman–Crippen MR) is 98.1 cm³/mol. The van der Waals surface area contributed by atoms with Crippen LogP contribution < -0.4 is 15.0 Å². The number of ether oxygens (including phenoxy) is 1. The second-order valence-corrected chi connectivity index (χ2v) is 6.16. The van der Waals surface area contributed by atoms with Crippen LogP contribution in [-0.2, 0) is 6.54 Å². The van der Waals surface area contributed by atoms with Crippen molar-refractivity contribution < 1.29 is 9.53 Å². The van der Waals surface area contributed by atoms with Crippen LogP contribution in [0.3, 0.4) is 0 Å². The number of nitrogens with zero attached hydrogens (tertiary/aromatic N) is 3. The lowest BCUT2D eigenvalue weighted by atomic mass is 10.1. The maximum absolute atomic E-state index is 12.5. The number of anilines is 1. The Hall–Kier alpha value is -2.60. The highest BCUT2D eigenvalue weighted by Gasteiger charge is 2.18. The Morgan fingerprint density at radius 2 is 1.92 bits per heavy atom. The Bertz CT molecular complexity index is 727. The number of nitrogens with one attached hydrogen (secondary N) is 1. The number of benzene rings is 1. The van der Waals surface area contributed by atoms with Crippen LogP contribution in [0.15, 0.2) is 42.6 Å². The molecule has 1 saturated heterocycles. The first-order valence-electron chi connectivity index (χ1n) is 8.47. The highest BCUT2D eigenvalue weighted by Crippen LogP contribution is 2.22. The van der Waals surface area contributed by atoms with Gasteiger partial charge < -0.3 is 19.9 Å². The number of piperazine rings is 1. The minimum Gasteiger partial charge on any atom is -0.480 e. The summed E-state index contributed by atoms with van der Waals surface area (Å²) in [4.78, 5) is 21.3. The molecule has 6 nitrogen and oxygen atoms in total. The molecule has 1 aromatic heterocycles. The lowest BCUT2D eigenvalue weighted by Gasteiger charge is -2.35. The average Bonchev–Trinajstić information content (AvgIpc) is 2.67. The number of aromatic nitrogens is 1. The molecule has 25 heavy (non-hydrogen) atoms. The van der Waals surface area contributed by atoms with Crippen molar-refractivity contribution in [2.45, 2.75) is 6.54 Å². The summed E-state index contributed by atoms with van der Waals surface area (Å²) in [6.45, 7) is 4.57. The topological polar surface area (TPSA) is 57.7 Å². The molecule has 2 heterocycles. The van der Waals surface area contributed by atoms with Gasteiger partial charge >= 0.3 is 0 Å². The van der Waals surface area contributed by atoms with Crippen molar-refractivity contribution in [2.75, 3.05) is 45.2 Å². The Morgan fingerprint density at radius 3 is 2.68 bits per heavy atom. The van der Waals surface area contributed by atoms with Crippen LogP contribution in [0.5, 0.6) is 5.88 Å². The number of methoxy groups -OCH3 is 1. The van der Waals surface area contributed by atoms with Crippen molar-refractivity contribution in [1.82, 2.24) is 15.2 Å². The minimum atomic E-state index is -0.182. The summed E-state index contributed by atoms with van der Waals surface area (Å²) in [5.41, 5.74) is 2.75. The van der Waals surface area contributed by atoms with Crippen molar-refractivity contribution in [3.05, 3.63) is 53.7 Å². The van der Waals surface area contributed by atoms with Crippen LogP contribution in [0.2, 0.25) is 0 Å². The number of carbonyl (C=O) groups excluding carboxylic acids is 1. The molecule has 3 rings (SSSR count). The molecule has 1 aromatic carbocycles. The van der Waals surface area contributed by atoms with Gasteiger partial charge in [0.05, 0.1) is 7.11 Å². The van der Waals surface area contributed by atoms with E-state index in [0.29, 0.717) is 18.0 Å². The maximum atomic E-state index is 12.5. The monoisotopic (exact) mass is 340 g/mol. The highest BCUT2D eigenvalue weighted by molar-refractivity contribution is 5.96. The zero-order chi connectivity index (χ0) is 17.6. The van der Waals surface area contributed by atoms with Gasteiger partial charge in [0.2, 0.25) is 5.88 Å². The molecule has 0 bridgehead atoms. The van der Waals surface area contributed by atoms with Gasteiger partial charge in [-0.1, -0.05) is 18.2 Å². The predicted octanol–water partition coefficient (Wildman–Crippen LogP) is 1.77. The van der Waals surface area contributed by atoms with Crippen LogP contribution in [0.25, 0.3) is 0 Å². The average molecular weight is 340 g/mol. The number of pyridine rings is 1. The number of para-hydroxylation sites is 1. The van der Waals surface area contributed by atoms with Crippen LogP contribution in [0.4, 0.5) is 5.69 Å². The quantitative estimate of drug-likeness (QED) is 0.899. The first kappa shape index (κ1) is 17.2. The van der Waals surface area contributed by atoms with Gasteiger partial charge in [-0.2, -0.15) is 0 Å². The third-order valence-corrected chi connectivity index (χ3v) is 4.48. The van der Waals surface area contributed by atoms with E-state index in [1.165, 1.54) is 12.8 Å². The van der Waals surface area contributed by atoms with E-state index in [1.54, 1.807) is 18.3 Å². The number of hydrogen-bond acceptors (Lipinski definition) is 5. The first-order valence-corrected chi connectivity index (χ1v) is 8.47. The van der Waals surface area contributed by atoms with Crippen LogP contribution in [0.1, 0.15) is 15.9 Å². The Kier molecular flexibility index (Phi) is 5.50. The fourth-order valence-corrected chi connectivity index (χ4v) is 3.01. The molecule has 0 unspecified atom stereocenters. The molecule has 2 aromatic rings. The second-order valence-electron chi connectivity index (χ2n) is 6.16. The molecular weight excluding hydrogens is 316 g/mol. The summed E-state index contributed by atoms with van der Waals surface area (Å²) < 4.78 is 5.16. The molecule has 1 aliphatic rings. The summed E-state index contributed by atoms with van der Waals surface area (Å²) in [5, 5.41) is 2.98. The maximum Gasteiger partial charge on any atom is 0.257 e. The Balaban J connectivity index is 1.70. The standard InChI is InChI=1S/C19H24N4O2/c1-22-10-12-23(13-11-22)17-8-4-3-6-15(17)14-21-18(24)16-7-5-9-20-19(16)25-2/h3-9H,10-14H2,1-2H3,(H,21,24). The molecule has 1 amide bonds. The van der Waals surface area contributed by atoms with Gasteiger partial charge in [0.1, 0.15) is 5.56 Å². The van der Waals surface area contributed by atoms with E-state index >= 15 is 0 Å². The van der Waals surface area contributed by atoms with Gasteiger partial charge in [0.15, 0.2) is 0 Å². The summed E-state index contributed by atoms with van der Waals surface area (Å²) in [7, 11) is 3.66. The normalized spacial score (nSPS) is 15.0.